The molecule has 1 heterocycles. The summed E-state index contributed by atoms with van der Waals surface area (Å²) in [5.41, 5.74) is 1.83. The van der Waals surface area contributed by atoms with Crippen LogP contribution >= 0.6 is 11.6 Å². The molecule has 160 valence electrons. The predicted molar refractivity (Wildman–Crippen MR) is 119 cm³/mol. The fourth-order valence-electron chi connectivity index (χ4n) is 3.06. The number of hydrogen-bond donors (Lipinski definition) is 2. The first-order valence-electron chi connectivity index (χ1n) is 9.42. The Morgan fingerprint density at radius 3 is 2.48 bits per heavy atom. The van der Waals surface area contributed by atoms with Crippen LogP contribution < -0.4 is 19.5 Å². The van der Waals surface area contributed by atoms with Crippen LogP contribution in [0.4, 0.5) is 11.4 Å². The number of rotatable bonds is 5. The van der Waals surface area contributed by atoms with E-state index in [2.05, 4.69) is 10.0 Å². The lowest BCUT2D eigenvalue weighted by Crippen LogP contribution is -2.18. The number of fused-ring (bicyclic) bond motifs is 1. The zero-order valence-electron chi connectivity index (χ0n) is 16.5. The van der Waals surface area contributed by atoms with Gasteiger partial charge < -0.3 is 14.8 Å². The van der Waals surface area contributed by atoms with Crippen molar-refractivity contribution in [2.75, 3.05) is 23.3 Å². The van der Waals surface area contributed by atoms with Crippen LogP contribution in [-0.2, 0) is 10.0 Å². The van der Waals surface area contributed by atoms with Crippen LogP contribution in [0.3, 0.4) is 0 Å². The van der Waals surface area contributed by atoms with Crippen molar-refractivity contribution in [3.63, 3.8) is 0 Å². The quantitative estimate of drug-likeness (QED) is 0.588. The maximum atomic E-state index is 12.9. The molecule has 0 saturated heterocycles. The Balaban J connectivity index is 1.58. The van der Waals surface area contributed by atoms with Gasteiger partial charge in [0.1, 0.15) is 18.1 Å². The molecule has 2 N–H and O–H groups in total. The number of ether oxygens (including phenoxy) is 2. The normalized spacial score (nSPS) is 12.8. The van der Waals surface area contributed by atoms with Gasteiger partial charge in [0.15, 0.2) is 11.5 Å². The summed E-state index contributed by atoms with van der Waals surface area (Å²) in [5, 5.41) is 2.74. The monoisotopic (exact) mass is 458 g/mol. The summed E-state index contributed by atoms with van der Waals surface area (Å²) in [6, 6.07) is 16.1. The maximum Gasteiger partial charge on any atom is 0.263 e. The minimum atomic E-state index is -4.01. The number of amides is 1. The second-order valence-corrected chi connectivity index (χ2v) is 8.94. The van der Waals surface area contributed by atoms with Gasteiger partial charge in [0, 0.05) is 17.3 Å². The summed E-state index contributed by atoms with van der Waals surface area (Å²) in [4.78, 5) is 12.6. The molecule has 0 aliphatic carbocycles. The summed E-state index contributed by atoms with van der Waals surface area (Å²) in [6.45, 7) is 2.69. The van der Waals surface area contributed by atoms with E-state index in [0.717, 1.165) is 5.56 Å². The number of aryl methyl sites for hydroxylation is 1. The number of halogens is 1. The highest BCUT2D eigenvalue weighted by Crippen LogP contribution is 2.33. The molecule has 0 bridgehead atoms. The van der Waals surface area contributed by atoms with Crippen molar-refractivity contribution in [1.82, 2.24) is 0 Å². The summed E-state index contributed by atoms with van der Waals surface area (Å²) < 4.78 is 39.3. The van der Waals surface area contributed by atoms with E-state index in [0.29, 0.717) is 36.1 Å². The third-order valence-corrected chi connectivity index (χ3v) is 6.52. The number of carbonyl (C=O) groups excluding carboxylic acids is 1. The van der Waals surface area contributed by atoms with E-state index < -0.39 is 15.9 Å². The lowest BCUT2D eigenvalue weighted by Gasteiger charge is -2.19. The molecule has 0 radical (unpaired) electrons. The molecular weight excluding hydrogens is 440 g/mol. The van der Waals surface area contributed by atoms with Crippen molar-refractivity contribution >= 4 is 38.9 Å². The number of para-hydroxylation sites is 1. The van der Waals surface area contributed by atoms with Crippen LogP contribution in [0.2, 0.25) is 5.02 Å². The molecule has 0 spiro atoms. The zero-order chi connectivity index (χ0) is 22.0. The van der Waals surface area contributed by atoms with E-state index >= 15 is 0 Å². The van der Waals surface area contributed by atoms with Gasteiger partial charge in [-0.15, -0.1) is 0 Å². The molecule has 3 aromatic carbocycles. The highest BCUT2D eigenvalue weighted by atomic mass is 35.5. The maximum absolute atomic E-state index is 12.9. The van der Waals surface area contributed by atoms with Gasteiger partial charge in [0.2, 0.25) is 0 Å². The predicted octanol–water partition coefficient (Wildman–Crippen LogP) is 4.47. The number of nitrogens with one attached hydrogen (secondary N) is 2. The van der Waals surface area contributed by atoms with Crippen LogP contribution in [0.5, 0.6) is 11.5 Å². The fourth-order valence-corrected chi connectivity index (χ4v) is 4.72. The Hall–Kier alpha value is -3.23. The second-order valence-electron chi connectivity index (χ2n) is 6.88. The molecule has 1 amide bonds. The third-order valence-electron chi connectivity index (χ3n) is 4.67. The molecule has 1 aliphatic heterocycles. The molecule has 0 aromatic heterocycles. The lowest BCUT2D eigenvalue weighted by molar-refractivity contribution is 0.102. The second kappa shape index (κ2) is 8.49. The number of hydrogen-bond acceptors (Lipinski definition) is 5. The highest BCUT2D eigenvalue weighted by molar-refractivity contribution is 7.92. The molecule has 3 aromatic rings. The van der Waals surface area contributed by atoms with Gasteiger partial charge in [0.25, 0.3) is 15.9 Å². The smallest absolute Gasteiger partial charge is 0.263 e. The van der Waals surface area contributed by atoms with Crippen LogP contribution in [0.15, 0.2) is 65.6 Å². The Morgan fingerprint density at radius 2 is 1.71 bits per heavy atom. The number of anilines is 2. The van der Waals surface area contributed by atoms with Crippen molar-refractivity contribution in [2.45, 2.75) is 11.8 Å². The third kappa shape index (κ3) is 4.60. The molecule has 4 rings (SSSR count). The fraction of sp³-hybridized carbons (Fsp3) is 0.136. The zero-order valence-corrected chi connectivity index (χ0v) is 18.1. The van der Waals surface area contributed by atoms with Crippen molar-refractivity contribution in [3.8, 4) is 11.5 Å². The summed E-state index contributed by atoms with van der Waals surface area (Å²) in [7, 11) is -4.01. The molecule has 0 saturated carbocycles. The van der Waals surface area contributed by atoms with Gasteiger partial charge in [-0.1, -0.05) is 29.8 Å². The Morgan fingerprint density at radius 1 is 0.968 bits per heavy atom. The van der Waals surface area contributed by atoms with Crippen LogP contribution in [0.25, 0.3) is 0 Å². The van der Waals surface area contributed by atoms with E-state index in [-0.39, 0.29) is 15.5 Å². The minimum Gasteiger partial charge on any atom is -0.486 e. The Kier molecular flexibility index (Phi) is 5.75. The van der Waals surface area contributed by atoms with E-state index in [1.54, 1.807) is 43.3 Å². The van der Waals surface area contributed by atoms with Gasteiger partial charge >= 0.3 is 0 Å². The van der Waals surface area contributed by atoms with Gasteiger partial charge in [0.05, 0.1) is 10.7 Å². The van der Waals surface area contributed by atoms with E-state index in [4.69, 9.17) is 21.1 Å². The van der Waals surface area contributed by atoms with E-state index in [9.17, 15) is 13.2 Å². The van der Waals surface area contributed by atoms with Crippen molar-refractivity contribution in [1.29, 1.82) is 0 Å². The largest absolute Gasteiger partial charge is 0.486 e. The molecule has 7 nitrogen and oxygen atoms in total. The topological polar surface area (TPSA) is 93.7 Å². The molecular formula is C22H19ClN2O5S. The SMILES string of the molecule is Cc1ccccc1NS(=O)(=O)c1cc(C(=O)Nc2ccc3c(c2)OCCO3)ccc1Cl. The molecule has 1 aliphatic rings. The number of sulfonamides is 1. The van der Waals surface area contributed by atoms with Gasteiger partial charge in [-0.2, -0.15) is 0 Å². The van der Waals surface area contributed by atoms with Gasteiger partial charge in [-0.3, -0.25) is 9.52 Å². The molecule has 0 atom stereocenters. The molecule has 31 heavy (non-hydrogen) atoms. The van der Waals surface area contributed by atoms with Crippen LogP contribution in [0.1, 0.15) is 15.9 Å². The van der Waals surface area contributed by atoms with Gasteiger partial charge in [-0.25, -0.2) is 8.42 Å². The molecule has 0 fully saturated rings. The summed E-state index contributed by atoms with van der Waals surface area (Å²) in [5.74, 6) is 0.651. The van der Waals surface area contributed by atoms with Crippen LogP contribution in [0, 0.1) is 6.92 Å². The highest BCUT2D eigenvalue weighted by Gasteiger charge is 2.21. The molecule has 9 heteroatoms. The lowest BCUT2D eigenvalue weighted by atomic mass is 10.2. The minimum absolute atomic E-state index is 0.0111. The van der Waals surface area contributed by atoms with E-state index in [1.807, 2.05) is 6.07 Å². The van der Waals surface area contributed by atoms with Crippen molar-refractivity contribution in [2.24, 2.45) is 0 Å². The number of carbonyl (C=O) groups is 1. The summed E-state index contributed by atoms with van der Waals surface area (Å²) >= 11 is 6.15. The average molecular weight is 459 g/mol. The van der Waals surface area contributed by atoms with Crippen molar-refractivity contribution in [3.05, 3.63) is 76.8 Å². The first kappa shape index (κ1) is 21.0. The van der Waals surface area contributed by atoms with E-state index in [1.165, 1.54) is 18.2 Å². The first-order chi connectivity index (χ1) is 14.8. The Bertz CT molecular complexity index is 1260. The van der Waals surface area contributed by atoms with Gasteiger partial charge in [-0.05, 0) is 48.9 Å². The van der Waals surface area contributed by atoms with Crippen LogP contribution in [-0.4, -0.2) is 27.5 Å². The standard InChI is InChI=1S/C22H19ClN2O5S/c1-14-4-2-3-5-18(14)25-31(27,28)21-12-15(6-8-17(21)23)22(26)24-16-7-9-19-20(13-16)30-11-10-29-19/h2-9,12-13,25H,10-11H2,1H3,(H,24,26). The molecule has 0 unspecified atom stereocenters. The van der Waals surface area contributed by atoms with Crippen molar-refractivity contribution < 1.29 is 22.7 Å². The first-order valence-corrected chi connectivity index (χ1v) is 11.3. The number of benzene rings is 3. The average Bonchev–Trinajstić information content (AvgIpc) is 2.75. The Labute approximate surface area is 185 Å². The summed E-state index contributed by atoms with van der Waals surface area (Å²) in [6.07, 6.45) is 0.